The van der Waals surface area contributed by atoms with Crippen molar-refractivity contribution in [3.63, 3.8) is 0 Å². The van der Waals surface area contributed by atoms with E-state index < -0.39 is 6.10 Å². The maximum atomic E-state index is 11.9. The fourth-order valence-electron chi connectivity index (χ4n) is 2.04. The number of nitrogens with one attached hydrogen (secondary N) is 3. The van der Waals surface area contributed by atoms with E-state index in [1.165, 1.54) is 0 Å². The van der Waals surface area contributed by atoms with Gasteiger partial charge in [-0.05, 0) is 38.5 Å². The topological polar surface area (TPSA) is 88.7 Å². The summed E-state index contributed by atoms with van der Waals surface area (Å²) >= 11 is 0. The van der Waals surface area contributed by atoms with E-state index in [1.54, 1.807) is 32.2 Å². The predicted molar refractivity (Wildman–Crippen MR) is 83.3 cm³/mol. The summed E-state index contributed by atoms with van der Waals surface area (Å²) in [6.45, 7) is 4.17. The second kappa shape index (κ2) is 7.13. The third-order valence-electron chi connectivity index (χ3n) is 3.30. The van der Waals surface area contributed by atoms with E-state index in [2.05, 4.69) is 16.0 Å². The zero-order valence-electron chi connectivity index (χ0n) is 12.9. The Morgan fingerprint density at radius 2 is 2.27 bits per heavy atom. The van der Waals surface area contributed by atoms with Gasteiger partial charge in [0.15, 0.2) is 6.10 Å². The van der Waals surface area contributed by atoms with Gasteiger partial charge in [-0.15, -0.1) is 0 Å². The van der Waals surface area contributed by atoms with Crippen LogP contribution in [-0.4, -0.2) is 37.8 Å². The summed E-state index contributed by atoms with van der Waals surface area (Å²) < 4.78 is 10.4. The molecular weight excluding hydrogens is 286 g/mol. The molecule has 2 unspecified atom stereocenters. The van der Waals surface area contributed by atoms with Gasteiger partial charge in [0.05, 0.1) is 5.69 Å². The van der Waals surface area contributed by atoms with E-state index in [-0.39, 0.29) is 18.0 Å². The van der Waals surface area contributed by atoms with E-state index >= 15 is 0 Å². The summed E-state index contributed by atoms with van der Waals surface area (Å²) in [6.07, 6.45) is 0.215. The van der Waals surface area contributed by atoms with Crippen LogP contribution in [-0.2, 0) is 9.53 Å². The number of anilines is 2. The Balaban J connectivity index is 1.95. The maximum absolute atomic E-state index is 11.9. The largest absolute Gasteiger partial charge is 0.479 e. The third-order valence-corrected chi connectivity index (χ3v) is 3.30. The molecule has 0 spiro atoms. The Labute approximate surface area is 129 Å². The van der Waals surface area contributed by atoms with Crippen molar-refractivity contribution in [3.8, 4) is 5.75 Å². The smallest absolute Gasteiger partial charge is 0.319 e. The number of ether oxygens (including phenoxy) is 2. The maximum Gasteiger partial charge on any atom is 0.319 e. The van der Waals surface area contributed by atoms with Crippen LogP contribution in [0.1, 0.15) is 20.3 Å². The van der Waals surface area contributed by atoms with Crippen LogP contribution < -0.4 is 20.7 Å². The van der Waals surface area contributed by atoms with Crippen LogP contribution in [0.25, 0.3) is 0 Å². The van der Waals surface area contributed by atoms with Gasteiger partial charge in [0.1, 0.15) is 5.75 Å². The Kier molecular flexibility index (Phi) is 5.21. The van der Waals surface area contributed by atoms with Gasteiger partial charge in [-0.3, -0.25) is 4.79 Å². The van der Waals surface area contributed by atoms with Gasteiger partial charge < -0.3 is 25.4 Å². The fourth-order valence-corrected chi connectivity index (χ4v) is 2.04. The molecule has 1 aromatic rings. The summed E-state index contributed by atoms with van der Waals surface area (Å²) in [5, 5.41) is 8.28. The van der Waals surface area contributed by atoms with Crippen LogP contribution in [0.2, 0.25) is 0 Å². The van der Waals surface area contributed by atoms with Gasteiger partial charge in [-0.25, -0.2) is 4.79 Å². The average Bonchev–Trinajstić information content (AvgIpc) is 2.46. The summed E-state index contributed by atoms with van der Waals surface area (Å²) in [7, 11) is 1.62. The molecule has 0 aromatic heterocycles. The minimum absolute atomic E-state index is 0.00135. The Hall–Kier alpha value is -2.28. The molecule has 1 aliphatic rings. The minimum Gasteiger partial charge on any atom is -0.479 e. The number of carbonyl (C=O) groups is 2. The molecule has 1 aliphatic heterocycles. The number of hydrogen-bond donors (Lipinski definition) is 3. The SMILES string of the molecule is COCCC(C)NC(=O)Nc1ccc2c(c1)NC(=O)C(C)O2. The molecule has 3 amide bonds. The van der Waals surface area contributed by atoms with Crippen LogP contribution >= 0.6 is 0 Å². The van der Waals surface area contributed by atoms with Crippen LogP contribution in [0.5, 0.6) is 5.75 Å². The molecule has 0 saturated carbocycles. The highest BCUT2D eigenvalue weighted by Gasteiger charge is 2.23. The molecule has 1 heterocycles. The molecular formula is C15H21N3O4. The van der Waals surface area contributed by atoms with Crippen molar-refractivity contribution in [2.75, 3.05) is 24.4 Å². The minimum atomic E-state index is -0.517. The molecule has 3 N–H and O–H groups in total. The number of benzene rings is 1. The molecule has 2 atom stereocenters. The molecule has 22 heavy (non-hydrogen) atoms. The average molecular weight is 307 g/mol. The molecule has 1 aromatic carbocycles. The normalized spacial score (nSPS) is 17.8. The first-order valence-corrected chi connectivity index (χ1v) is 7.17. The standard InChI is InChI=1S/C15H21N3O4/c1-9(6-7-21-3)16-15(20)17-11-4-5-13-12(8-11)18-14(19)10(2)22-13/h4-5,8-10H,6-7H2,1-3H3,(H,18,19)(H2,16,17,20). The van der Waals surface area contributed by atoms with Crippen LogP contribution in [0.4, 0.5) is 16.2 Å². The molecule has 7 nitrogen and oxygen atoms in total. The van der Waals surface area contributed by atoms with Crippen molar-refractivity contribution in [2.24, 2.45) is 0 Å². The van der Waals surface area contributed by atoms with E-state index in [4.69, 9.17) is 9.47 Å². The van der Waals surface area contributed by atoms with Crippen molar-refractivity contribution in [1.82, 2.24) is 5.32 Å². The number of rotatable bonds is 5. The second-order valence-electron chi connectivity index (χ2n) is 5.24. The van der Waals surface area contributed by atoms with Gasteiger partial charge >= 0.3 is 6.03 Å². The monoisotopic (exact) mass is 307 g/mol. The first-order valence-electron chi connectivity index (χ1n) is 7.17. The van der Waals surface area contributed by atoms with Crippen molar-refractivity contribution in [1.29, 1.82) is 0 Å². The summed E-state index contributed by atoms with van der Waals surface area (Å²) in [5.74, 6) is 0.383. The first kappa shape index (κ1) is 16.1. The Morgan fingerprint density at radius 1 is 1.50 bits per heavy atom. The quantitative estimate of drug-likeness (QED) is 0.776. The van der Waals surface area contributed by atoms with Gasteiger partial charge in [-0.2, -0.15) is 0 Å². The zero-order chi connectivity index (χ0) is 16.1. The van der Waals surface area contributed by atoms with Gasteiger partial charge in [0, 0.05) is 25.4 Å². The van der Waals surface area contributed by atoms with Crippen molar-refractivity contribution >= 4 is 23.3 Å². The zero-order valence-corrected chi connectivity index (χ0v) is 12.9. The second-order valence-corrected chi connectivity index (χ2v) is 5.24. The summed E-state index contributed by atoms with van der Waals surface area (Å²) in [6, 6.07) is 4.80. The number of hydrogen-bond acceptors (Lipinski definition) is 4. The number of carbonyl (C=O) groups excluding carboxylic acids is 2. The number of urea groups is 1. The number of amides is 3. The van der Waals surface area contributed by atoms with Gasteiger partial charge in [0.25, 0.3) is 5.91 Å². The van der Waals surface area contributed by atoms with Gasteiger partial charge in [0.2, 0.25) is 0 Å². The van der Waals surface area contributed by atoms with Crippen molar-refractivity contribution in [3.05, 3.63) is 18.2 Å². The molecule has 0 radical (unpaired) electrons. The third kappa shape index (κ3) is 4.11. The van der Waals surface area contributed by atoms with E-state index in [0.29, 0.717) is 23.7 Å². The lowest BCUT2D eigenvalue weighted by Gasteiger charge is -2.23. The number of fused-ring (bicyclic) bond motifs is 1. The molecule has 0 bridgehead atoms. The lowest BCUT2D eigenvalue weighted by atomic mass is 10.2. The van der Waals surface area contributed by atoms with E-state index in [1.807, 2.05) is 6.92 Å². The van der Waals surface area contributed by atoms with Crippen molar-refractivity contribution in [2.45, 2.75) is 32.4 Å². The first-order chi connectivity index (χ1) is 10.5. The molecule has 2 rings (SSSR count). The molecule has 0 aliphatic carbocycles. The van der Waals surface area contributed by atoms with Gasteiger partial charge in [-0.1, -0.05) is 0 Å². The van der Waals surface area contributed by atoms with E-state index in [0.717, 1.165) is 6.42 Å². The van der Waals surface area contributed by atoms with E-state index in [9.17, 15) is 9.59 Å². The van der Waals surface area contributed by atoms with Crippen LogP contribution in [0, 0.1) is 0 Å². The highest BCUT2D eigenvalue weighted by atomic mass is 16.5. The van der Waals surface area contributed by atoms with Crippen LogP contribution in [0.15, 0.2) is 18.2 Å². The molecule has 0 fully saturated rings. The highest BCUT2D eigenvalue weighted by molar-refractivity contribution is 5.99. The molecule has 120 valence electrons. The lowest BCUT2D eigenvalue weighted by molar-refractivity contribution is -0.122. The predicted octanol–water partition coefficient (Wildman–Crippen LogP) is 1.95. The fraction of sp³-hybridized carbons (Fsp3) is 0.467. The molecule has 0 saturated heterocycles. The molecule has 7 heteroatoms. The van der Waals surface area contributed by atoms with Crippen LogP contribution in [0.3, 0.4) is 0 Å². The Bertz CT molecular complexity index is 562. The summed E-state index contributed by atoms with van der Waals surface area (Å²) in [4.78, 5) is 23.5. The summed E-state index contributed by atoms with van der Waals surface area (Å²) in [5.41, 5.74) is 1.13. The lowest BCUT2D eigenvalue weighted by Crippen LogP contribution is -2.37. The highest BCUT2D eigenvalue weighted by Crippen LogP contribution is 2.32. The number of methoxy groups -OCH3 is 1. The van der Waals surface area contributed by atoms with Crippen molar-refractivity contribution < 1.29 is 19.1 Å². The Morgan fingerprint density at radius 3 is 3.00 bits per heavy atom.